The predicted octanol–water partition coefficient (Wildman–Crippen LogP) is 2.77. The Kier molecular flexibility index (Phi) is 4.08. The molecule has 5 heteroatoms. The van der Waals surface area contributed by atoms with E-state index in [9.17, 15) is 9.59 Å². The maximum Gasteiger partial charge on any atom is 0.256 e. The summed E-state index contributed by atoms with van der Waals surface area (Å²) in [6, 6.07) is 8.97. The van der Waals surface area contributed by atoms with Gasteiger partial charge in [0.05, 0.1) is 5.52 Å². The summed E-state index contributed by atoms with van der Waals surface area (Å²) in [6.07, 6.45) is 8.68. The summed E-state index contributed by atoms with van der Waals surface area (Å²) in [5, 5.41) is 3.83. The number of piperidine rings is 1. The van der Waals surface area contributed by atoms with Gasteiger partial charge in [-0.25, -0.2) is 0 Å². The van der Waals surface area contributed by atoms with Gasteiger partial charge in [0.15, 0.2) is 0 Å². The topological polar surface area (TPSA) is 54.3 Å². The quantitative estimate of drug-likeness (QED) is 0.906. The number of amides is 1. The fourth-order valence-electron chi connectivity index (χ4n) is 5.03. The Bertz CT molecular complexity index is 932. The molecular weight excluding hydrogens is 338 g/mol. The minimum Gasteiger partial charge on any atom is -0.349 e. The van der Waals surface area contributed by atoms with Crippen molar-refractivity contribution >= 4 is 16.8 Å². The molecule has 3 atom stereocenters. The number of benzene rings is 1. The number of pyridine rings is 1. The molecule has 3 aliphatic rings. The van der Waals surface area contributed by atoms with Gasteiger partial charge in [-0.05, 0) is 63.6 Å². The van der Waals surface area contributed by atoms with Gasteiger partial charge in [-0.15, -0.1) is 0 Å². The highest BCUT2D eigenvalue weighted by Gasteiger charge is 2.39. The fraction of sp³-hybridized carbons (Fsp3) is 0.545. The van der Waals surface area contributed by atoms with E-state index in [1.165, 1.54) is 25.7 Å². The van der Waals surface area contributed by atoms with Gasteiger partial charge in [0.2, 0.25) is 5.43 Å². The highest BCUT2D eigenvalue weighted by Crippen LogP contribution is 2.34. The third-order valence-corrected chi connectivity index (χ3v) is 6.82. The van der Waals surface area contributed by atoms with Crippen molar-refractivity contribution in [2.24, 2.45) is 5.92 Å². The van der Waals surface area contributed by atoms with Crippen LogP contribution in [0.15, 0.2) is 35.3 Å². The first kappa shape index (κ1) is 17.0. The van der Waals surface area contributed by atoms with Gasteiger partial charge in [-0.3, -0.25) is 9.59 Å². The molecule has 27 heavy (non-hydrogen) atoms. The van der Waals surface area contributed by atoms with Gasteiger partial charge in [-0.1, -0.05) is 12.1 Å². The van der Waals surface area contributed by atoms with E-state index >= 15 is 0 Å². The first-order valence-electron chi connectivity index (χ1n) is 10.2. The first-order chi connectivity index (χ1) is 13.1. The molecule has 2 aromatic rings. The lowest BCUT2D eigenvalue weighted by atomic mass is 9.97. The number of nitrogens with zero attached hydrogens (tertiary/aromatic N) is 2. The van der Waals surface area contributed by atoms with Crippen LogP contribution in [0.5, 0.6) is 0 Å². The zero-order valence-corrected chi connectivity index (χ0v) is 15.9. The number of aromatic nitrogens is 1. The van der Waals surface area contributed by atoms with Gasteiger partial charge in [-0.2, -0.15) is 0 Å². The number of carbonyl (C=O) groups is 1. The number of rotatable bonds is 4. The molecule has 2 bridgehead atoms. The smallest absolute Gasteiger partial charge is 0.256 e. The lowest BCUT2D eigenvalue weighted by molar-refractivity contribution is 0.0881. The summed E-state index contributed by atoms with van der Waals surface area (Å²) in [5.41, 5.74) is 1.08. The van der Waals surface area contributed by atoms with Crippen molar-refractivity contribution in [1.82, 2.24) is 14.8 Å². The van der Waals surface area contributed by atoms with Crippen molar-refractivity contribution in [1.29, 1.82) is 0 Å². The van der Waals surface area contributed by atoms with Crippen LogP contribution in [0.25, 0.3) is 10.9 Å². The molecule has 5 nitrogen and oxygen atoms in total. The lowest BCUT2D eigenvalue weighted by Crippen LogP contribution is -2.49. The summed E-state index contributed by atoms with van der Waals surface area (Å²) >= 11 is 0. The van der Waals surface area contributed by atoms with Crippen molar-refractivity contribution in [3.63, 3.8) is 0 Å². The Morgan fingerprint density at radius 1 is 1.11 bits per heavy atom. The Hall–Kier alpha value is -2.14. The summed E-state index contributed by atoms with van der Waals surface area (Å²) in [7, 11) is 2.19. The van der Waals surface area contributed by atoms with E-state index in [0.29, 0.717) is 29.0 Å². The van der Waals surface area contributed by atoms with Crippen molar-refractivity contribution in [2.45, 2.75) is 63.2 Å². The molecule has 2 saturated heterocycles. The van der Waals surface area contributed by atoms with Gasteiger partial charge in [0, 0.05) is 36.3 Å². The molecule has 3 fully saturated rings. The molecule has 1 N–H and O–H groups in total. The molecule has 2 unspecified atom stereocenters. The van der Waals surface area contributed by atoms with Gasteiger partial charge in [0.25, 0.3) is 5.91 Å². The molecule has 2 aliphatic heterocycles. The minimum atomic E-state index is -0.204. The van der Waals surface area contributed by atoms with E-state index in [2.05, 4.69) is 21.8 Å². The third-order valence-electron chi connectivity index (χ3n) is 6.82. The van der Waals surface area contributed by atoms with Crippen molar-refractivity contribution in [3.8, 4) is 0 Å². The van der Waals surface area contributed by atoms with Crippen molar-refractivity contribution < 1.29 is 4.79 Å². The molecule has 3 heterocycles. The van der Waals surface area contributed by atoms with Crippen LogP contribution in [0.4, 0.5) is 0 Å². The second-order valence-corrected chi connectivity index (χ2v) is 8.68. The maximum absolute atomic E-state index is 13.0. The Morgan fingerprint density at radius 2 is 1.81 bits per heavy atom. The summed E-state index contributed by atoms with van der Waals surface area (Å²) in [5.74, 6) is 0.473. The molecular formula is C22H27N3O2. The largest absolute Gasteiger partial charge is 0.349 e. The van der Waals surface area contributed by atoms with Gasteiger partial charge in [0.1, 0.15) is 5.56 Å². The average Bonchev–Trinajstić information content (AvgIpc) is 3.45. The summed E-state index contributed by atoms with van der Waals surface area (Å²) < 4.78 is 2.11. The predicted molar refractivity (Wildman–Crippen MR) is 106 cm³/mol. The van der Waals surface area contributed by atoms with Gasteiger partial charge < -0.3 is 14.8 Å². The zero-order valence-electron chi connectivity index (χ0n) is 15.9. The van der Waals surface area contributed by atoms with E-state index in [1.807, 2.05) is 24.3 Å². The Balaban J connectivity index is 1.44. The van der Waals surface area contributed by atoms with E-state index in [4.69, 9.17) is 0 Å². The molecule has 1 aromatic heterocycles. The number of hydrogen-bond acceptors (Lipinski definition) is 3. The molecule has 1 aliphatic carbocycles. The van der Waals surface area contributed by atoms with Crippen LogP contribution in [0, 0.1) is 5.92 Å². The van der Waals surface area contributed by atoms with E-state index < -0.39 is 0 Å². The highest BCUT2D eigenvalue weighted by molar-refractivity contribution is 5.97. The van der Waals surface area contributed by atoms with Crippen LogP contribution >= 0.6 is 0 Å². The van der Waals surface area contributed by atoms with E-state index in [-0.39, 0.29) is 17.4 Å². The number of fused-ring (bicyclic) bond motifs is 3. The fourth-order valence-corrected chi connectivity index (χ4v) is 5.03. The minimum absolute atomic E-state index is 0.147. The van der Waals surface area contributed by atoms with Crippen molar-refractivity contribution in [3.05, 3.63) is 46.2 Å². The Morgan fingerprint density at radius 3 is 2.52 bits per heavy atom. The molecule has 142 valence electrons. The van der Waals surface area contributed by atoms with Crippen LogP contribution < -0.4 is 10.7 Å². The molecule has 0 radical (unpaired) electrons. The third kappa shape index (κ3) is 3.08. The normalized spacial score (nSPS) is 27.8. The number of nitrogens with one attached hydrogen (secondary N) is 1. The molecule has 0 spiro atoms. The second-order valence-electron chi connectivity index (χ2n) is 8.68. The van der Waals surface area contributed by atoms with Crippen LogP contribution in [-0.2, 0) is 6.54 Å². The SMILES string of the molecule is CN1C2CC[C@@H]1CC(NC(=O)c1cn(CC3CC3)c3ccccc3c1=O)C2. The van der Waals surface area contributed by atoms with Gasteiger partial charge >= 0.3 is 0 Å². The number of hydrogen-bond donors (Lipinski definition) is 1. The van der Waals surface area contributed by atoms with Crippen LogP contribution in [0.3, 0.4) is 0 Å². The first-order valence-corrected chi connectivity index (χ1v) is 10.2. The standard InChI is InChI=1S/C22H27N3O2/c1-24-16-8-9-17(24)11-15(10-16)23-22(27)19-13-25(12-14-6-7-14)20-5-3-2-4-18(20)21(19)26/h2-5,13-17H,6-12H2,1H3,(H,23,27)/t15?,16-,17?/m1/s1. The zero-order chi connectivity index (χ0) is 18.5. The van der Waals surface area contributed by atoms with Crippen LogP contribution in [0.1, 0.15) is 48.9 Å². The molecule has 1 amide bonds. The van der Waals surface area contributed by atoms with E-state index in [1.54, 1.807) is 6.20 Å². The molecule has 5 rings (SSSR count). The lowest BCUT2D eigenvalue weighted by Gasteiger charge is -2.36. The summed E-state index contributed by atoms with van der Waals surface area (Å²) in [4.78, 5) is 28.4. The van der Waals surface area contributed by atoms with Crippen LogP contribution in [-0.4, -0.2) is 40.5 Å². The van der Waals surface area contributed by atoms with Crippen LogP contribution in [0.2, 0.25) is 0 Å². The van der Waals surface area contributed by atoms with Crippen molar-refractivity contribution in [2.75, 3.05) is 7.05 Å². The second kappa shape index (κ2) is 6.48. The molecule has 1 aromatic carbocycles. The highest BCUT2D eigenvalue weighted by atomic mass is 16.2. The van der Waals surface area contributed by atoms with E-state index in [0.717, 1.165) is 24.9 Å². The Labute approximate surface area is 159 Å². The average molecular weight is 365 g/mol. The molecule has 1 saturated carbocycles. The maximum atomic E-state index is 13.0. The number of para-hydroxylation sites is 1. The monoisotopic (exact) mass is 365 g/mol. The summed E-state index contributed by atoms with van der Waals surface area (Å²) in [6.45, 7) is 0.888. The number of carbonyl (C=O) groups excluding carboxylic acids is 1.